The third-order valence-corrected chi connectivity index (χ3v) is 10.3. The highest BCUT2D eigenvalue weighted by Gasteiger charge is 2.53. The Labute approximate surface area is 161 Å². The van der Waals surface area contributed by atoms with Crippen molar-refractivity contribution in [3.63, 3.8) is 0 Å². The molecule has 27 heavy (non-hydrogen) atoms. The highest BCUT2D eigenvalue weighted by Crippen LogP contribution is 2.39. The van der Waals surface area contributed by atoms with E-state index in [1.165, 1.54) is 0 Å². The number of ether oxygens (including phenoxy) is 1. The van der Waals surface area contributed by atoms with E-state index in [1.54, 1.807) is 0 Å². The summed E-state index contributed by atoms with van der Waals surface area (Å²) in [6.07, 6.45) is -0.0323. The number of benzene rings is 2. The second kappa shape index (κ2) is 7.88. The summed E-state index contributed by atoms with van der Waals surface area (Å²) in [6.45, 7) is 7.12. The Bertz CT molecular complexity index is 743. The van der Waals surface area contributed by atoms with Gasteiger partial charge < -0.3 is 9.16 Å². The molecule has 5 heteroatoms. The maximum atomic E-state index is 12.1. The van der Waals surface area contributed by atoms with E-state index >= 15 is 0 Å². The molecule has 1 aliphatic heterocycles. The van der Waals surface area contributed by atoms with Gasteiger partial charge in [0, 0.05) is 0 Å². The van der Waals surface area contributed by atoms with Gasteiger partial charge in [-0.15, -0.1) is 0 Å². The minimum atomic E-state index is -2.76. The van der Waals surface area contributed by atoms with Crippen LogP contribution >= 0.6 is 0 Å². The van der Waals surface area contributed by atoms with Crippen molar-refractivity contribution < 1.29 is 18.8 Å². The van der Waals surface area contributed by atoms with E-state index in [1.807, 2.05) is 36.4 Å². The van der Waals surface area contributed by atoms with Crippen molar-refractivity contribution in [2.24, 2.45) is 5.92 Å². The van der Waals surface area contributed by atoms with Crippen molar-refractivity contribution in [3.8, 4) is 0 Å². The van der Waals surface area contributed by atoms with Gasteiger partial charge in [-0.05, 0) is 15.4 Å². The molecule has 142 valence electrons. The van der Waals surface area contributed by atoms with E-state index in [0.29, 0.717) is 12.9 Å². The number of ketones is 1. The van der Waals surface area contributed by atoms with Crippen molar-refractivity contribution >= 4 is 30.8 Å². The molecule has 2 aromatic rings. The van der Waals surface area contributed by atoms with Crippen LogP contribution in [0, 0.1) is 5.92 Å². The highest BCUT2D eigenvalue weighted by atomic mass is 28.4. The molecule has 0 radical (unpaired) electrons. The van der Waals surface area contributed by atoms with E-state index in [-0.39, 0.29) is 11.6 Å². The molecule has 4 nitrogen and oxygen atoms in total. The molecule has 0 aromatic heterocycles. The maximum absolute atomic E-state index is 12.1. The van der Waals surface area contributed by atoms with E-state index in [9.17, 15) is 9.59 Å². The zero-order chi connectivity index (χ0) is 19.5. The Hall–Kier alpha value is -2.08. The second-order valence-electron chi connectivity index (χ2n) is 7.98. The monoisotopic (exact) mass is 382 g/mol. The first kappa shape index (κ1) is 19.7. The summed E-state index contributed by atoms with van der Waals surface area (Å²) in [5.74, 6) is -0.986. The minimum Gasteiger partial charge on any atom is -0.401 e. The van der Waals surface area contributed by atoms with Gasteiger partial charge in [0.05, 0.1) is 25.2 Å². The Morgan fingerprint density at radius 1 is 1.00 bits per heavy atom. The van der Waals surface area contributed by atoms with Crippen LogP contribution in [-0.2, 0) is 18.8 Å². The molecule has 0 aliphatic carbocycles. The molecule has 0 N–H and O–H groups in total. The fraction of sp³-hybridized carbons (Fsp3) is 0.364. The number of rotatable bonds is 6. The Morgan fingerprint density at radius 3 is 1.96 bits per heavy atom. The van der Waals surface area contributed by atoms with Gasteiger partial charge in [0.15, 0.2) is 6.29 Å². The van der Waals surface area contributed by atoms with Gasteiger partial charge >= 0.3 is 0 Å². The third-order valence-electron chi connectivity index (χ3n) is 5.25. The smallest absolute Gasteiger partial charge is 0.261 e. The number of carbonyl (C=O) groups excluding carboxylic acids is 2. The zero-order valence-electron chi connectivity index (χ0n) is 16.1. The van der Waals surface area contributed by atoms with Crippen LogP contribution in [-0.4, -0.2) is 39.7 Å². The number of hydrogen-bond donors (Lipinski definition) is 0. The first-order valence-corrected chi connectivity index (χ1v) is 11.2. The summed E-state index contributed by atoms with van der Waals surface area (Å²) >= 11 is 0. The van der Waals surface area contributed by atoms with Crippen LogP contribution in [0.2, 0.25) is 5.04 Å². The summed E-state index contributed by atoms with van der Waals surface area (Å²) in [5, 5.41) is 2.10. The molecule has 0 saturated carbocycles. The fourth-order valence-corrected chi connectivity index (χ4v) is 8.62. The van der Waals surface area contributed by atoms with E-state index in [2.05, 4.69) is 45.0 Å². The molecular weight excluding hydrogens is 356 g/mol. The largest absolute Gasteiger partial charge is 0.401 e. The standard InChI is InChI=1S/C22H26O4Si/c1-22(2,3)27(17-10-6-4-7-11-17,18-12-8-5-9-13-18)26-21-16-25-15-19(21)20(24)14-23/h4-14,19,21H,15-16H2,1-3H3. The normalized spacial score (nSPS) is 20.4. The number of hydrogen-bond acceptors (Lipinski definition) is 4. The first-order chi connectivity index (χ1) is 12.9. The number of Topliss-reactive ketones (excluding diaryl/α,β-unsaturated/α-hetero) is 1. The zero-order valence-corrected chi connectivity index (χ0v) is 17.1. The van der Waals surface area contributed by atoms with Crippen LogP contribution in [0.1, 0.15) is 20.8 Å². The average Bonchev–Trinajstić information content (AvgIpc) is 3.14. The van der Waals surface area contributed by atoms with Crippen LogP contribution in [0.5, 0.6) is 0 Å². The van der Waals surface area contributed by atoms with Crippen LogP contribution in [0.4, 0.5) is 0 Å². The molecule has 2 atom stereocenters. The van der Waals surface area contributed by atoms with Crippen molar-refractivity contribution in [1.82, 2.24) is 0 Å². The molecule has 2 aromatic carbocycles. The van der Waals surface area contributed by atoms with Crippen LogP contribution in [0.3, 0.4) is 0 Å². The maximum Gasteiger partial charge on any atom is 0.261 e. The predicted molar refractivity (Wildman–Crippen MR) is 108 cm³/mol. The molecule has 1 heterocycles. The SMILES string of the molecule is CC(C)(C)[Si](OC1COCC1C(=O)C=O)(c1ccccc1)c1ccccc1. The van der Waals surface area contributed by atoms with Gasteiger partial charge in [-0.2, -0.15) is 0 Å². The van der Waals surface area contributed by atoms with Crippen LogP contribution in [0.25, 0.3) is 0 Å². The molecule has 1 fully saturated rings. The summed E-state index contributed by atoms with van der Waals surface area (Å²) < 4.78 is 12.4. The van der Waals surface area contributed by atoms with Crippen molar-refractivity contribution in [1.29, 1.82) is 0 Å². The highest BCUT2D eigenvalue weighted by molar-refractivity contribution is 6.99. The summed E-state index contributed by atoms with van der Waals surface area (Å²) in [4.78, 5) is 23.2. The van der Waals surface area contributed by atoms with E-state index in [0.717, 1.165) is 10.4 Å². The quantitative estimate of drug-likeness (QED) is 0.437. The molecule has 1 aliphatic rings. The Morgan fingerprint density at radius 2 is 1.52 bits per heavy atom. The fourth-order valence-electron chi connectivity index (χ4n) is 3.92. The van der Waals surface area contributed by atoms with Crippen molar-refractivity contribution in [2.75, 3.05) is 13.2 Å². The average molecular weight is 383 g/mol. The first-order valence-electron chi connectivity index (χ1n) is 9.26. The van der Waals surface area contributed by atoms with Gasteiger partial charge in [0.1, 0.15) is 0 Å². The lowest BCUT2D eigenvalue weighted by Crippen LogP contribution is -2.68. The molecule has 0 amide bonds. The van der Waals surface area contributed by atoms with E-state index < -0.39 is 26.1 Å². The predicted octanol–water partition coefficient (Wildman–Crippen LogP) is 2.35. The van der Waals surface area contributed by atoms with Crippen molar-refractivity contribution in [3.05, 3.63) is 60.7 Å². The molecule has 1 saturated heterocycles. The van der Waals surface area contributed by atoms with Crippen LogP contribution in [0.15, 0.2) is 60.7 Å². The molecule has 0 bridgehead atoms. The summed E-state index contributed by atoms with van der Waals surface area (Å²) in [5.41, 5.74) is 0. The van der Waals surface area contributed by atoms with Gasteiger partial charge in [-0.25, -0.2) is 0 Å². The number of aldehydes is 1. The number of carbonyl (C=O) groups is 2. The molecular formula is C22H26O4Si. The van der Waals surface area contributed by atoms with Gasteiger partial charge in [-0.1, -0.05) is 81.4 Å². The topological polar surface area (TPSA) is 52.6 Å². The van der Waals surface area contributed by atoms with Gasteiger partial charge in [0.2, 0.25) is 5.78 Å². The van der Waals surface area contributed by atoms with Gasteiger partial charge in [0.25, 0.3) is 8.32 Å². The second-order valence-corrected chi connectivity index (χ2v) is 12.2. The lowest BCUT2D eigenvalue weighted by molar-refractivity contribution is -0.133. The summed E-state index contributed by atoms with van der Waals surface area (Å²) in [7, 11) is -2.76. The molecule has 3 rings (SSSR count). The van der Waals surface area contributed by atoms with Gasteiger partial charge in [-0.3, -0.25) is 9.59 Å². The van der Waals surface area contributed by atoms with E-state index in [4.69, 9.17) is 9.16 Å². The molecule has 0 spiro atoms. The Balaban J connectivity index is 2.15. The minimum absolute atomic E-state index is 0.187. The Kier molecular flexibility index (Phi) is 5.74. The lowest BCUT2D eigenvalue weighted by Gasteiger charge is -2.45. The lowest BCUT2D eigenvalue weighted by atomic mass is 10.0. The van der Waals surface area contributed by atoms with Crippen LogP contribution < -0.4 is 10.4 Å². The van der Waals surface area contributed by atoms with Crippen molar-refractivity contribution in [2.45, 2.75) is 31.9 Å². The third kappa shape index (κ3) is 3.67. The molecule has 2 unspecified atom stereocenters. The summed E-state index contributed by atoms with van der Waals surface area (Å²) in [6, 6.07) is 20.5.